The van der Waals surface area contributed by atoms with Crippen LogP contribution >= 0.6 is 0 Å². The Labute approximate surface area is 107 Å². The molecular weight excluding hydrogens is 234 g/mol. The van der Waals surface area contributed by atoms with Crippen LogP contribution in [0.1, 0.15) is 25.3 Å². The Bertz CT molecular complexity index is 387. The van der Waals surface area contributed by atoms with Crippen molar-refractivity contribution in [2.24, 2.45) is 0 Å². The Morgan fingerprint density at radius 1 is 1.28 bits per heavy atom. The maximum Gasteiger partial charge on any atom is 0.130 e. The third kappa shape index (κ3) is 3.50. The summed E-state index contributed by atoms with van der Waals surface area (Å²) in [6, 6.07) is 4.41. The average molecular weight is 254 g/mol. The lowest BCUT2D eigenvalue weighted by Crippen LogP contribution is -2.42. The molecule has 1 aromatic carbocycles. The zero-order valence-electron chi connectivity index (χ0n) is 10.8. The predicted octanol–water partition coefficient (Wildman–Crippen LogP) is 2.54. The maximum atomic E-state index is 13.5. The van der Waals surface area contributed by atoms with Crippen molar-refractivity contribution in [3.8, 4) is 0 Å². The van der Waals surface area contributed by atoms with Gasteiger partial charge >= 0.3 is 0 Å². The second kappa shape index (κ2) is 6.25. The van der Waals surface area contributed by atoms with E-state index in [1.807, 2.05) is 0 Å². The highest BCUT2D eigenvalue weighted by Crippen LogP contribution is 2.16. The first-order chi connectivity index (χ1) is 8.69. The van der Waals surface area contributed by atoms with E-state index in [9.17, 15) is 8.78 Å². The highest BCUT2D eigenvalue weighted by Gasteiger charge is 2.19. The molecule has 0 bridgehead atoms. The molecule has 0 aliphatic carbocycles. The number of hydrogen-bond acceptors (Lipinski definition) is 2. The van der Waals surface area contributed by atoms with E-state index in [1.165, 1.54) is 6.07 Å². The van der Waals surface area contributed by atoms with Crippen LogP contribution in [0.4, 0.5) is 8.78 Å². The van der Waals surface area contributed by atoms with Gasteiger partial charge in [-0.1, -0.05) is 13.0 Å². The highest BCUT2D eigenvalue weighted by atomic mass is 19.1. The molecule has 2 rings (SSSR count). The molecule has 100 valence electrons. The number of nitrogens with zero attached hydrogens (tertiary/aromatic N) is 1. The predicted molar refractivity (Wildman–Crippen MR) is 68.3 cm³/mol. The molecule has 1 N–H and O–H groups in total. The minimum atomic E-state index is -0.512. The number of likely N-dealkylation sites (tertiary alicyclic amines) is 1. The van der Waals surface area contributed by atoms with Crippen LogP contribution in [0.25, 0.3) is 0 Å². The van der Waals surface area contributed by atoms with Gasteiger partial charge in [-0.15, -0.1) is 0 Å². The quantitative estimate of drug-likeness (QED) is 0.888. The molecule has 2 nitrogen and oxygen atoms in total. The summed E-state index contributed by atoms with van der Waals surface area (Å²) in [5, 5.41) is 3.44. The van der Waals surface area contributed by atoms with Crippen molar-refractivity contribution < 1.29 is 8.78 Å². The van der Waals surface area contributed by atoms with E-state index in [0.717, 1.165) is 38.5 Å². The van der Waals surface area contributed by atoms with Crippen molar-refractivity contribution in [1.82, 2.24) is 10.2 Å². The van der Waals surface area contributed by atoms with Gasteiger partial charge in [0.05, 0.1) is 0 Å². The molecule has 1 heterocycles. The first kappa shape index (κ1) is 13.4. The van der Waals surface area contributed by atoms with Crippen LogP contribution in [0, 0.1) is 11.6 Å². The summed E-state index contributed by atoms with van der Waals surface area (Å²) in [5.41, 5.74) is 0.582. The van der Waals surface area contributed by atoms with Crippen LogP contribution in [0.2, 0.25) is 0 Å². The molecule has 1 saturated heterocycles. The van der Waals surface area contributed by atoms with E-state index in [0.29, 0.717) is 18.2 Å². The molecule has 0 spiro atoms. The summed E-state index contributed by atoms with van der Waals surface area (Å²) in [6.45, 7) is 5.62. The Kier molecular flexibility index (Phi) is 4.66. The molecule has 4 heteroatoms. The van der Waals surface area contributed by atoms with Gasteiger partial charge in [0.15, 0.2) is 0 Å². The average Bonchev–Trinajstić information content (AvgIpc) is 2.35. The minimum Gasteiger partial charge on any atom is -0.314 e. The second-order valence-electron chi connectivity index (χ2n) is 4.84. The van der Waals surface area contributed by atoms with Crippen LogP contribution in [0.5, 0.6) is 0 Å². The van der Waals surface area contributed by atoms with Gasteiger partial charge in [-0.25, -0.2) is 8.78 Å². The monoisotopic (exact) mass is 254 g/mol. The summed E-state index contributed by atoms with van der Waals surface area (Å²) >= 11 is 0. The van der Waals surface area contributed by atoms with Gasteiger partial charge in [-0.2, -0.15) is 0 Å². The summed E-state index contributed by atoms with van der Waals surface area (Å²) < 4.78 is 26.3. The van der Waals surface area contributed by atoms with Crippen molar-refractivity contribution in [3.05, 3.63) is 35.4 Å². The first-order valence-corrected chi connectivity index (χ1v) is 6.58. The van der Waals surface area contributed by atoms with Gasteiger partial charge in [0.1, 0.15) is 11.6 Å². The minimum absolute atomic E-state index is 0.441. The fourth-order valence-electron chi connectivity index (χ4n) is 2.47. The largest absolute Gasteiger partial charge is 0.314 e. The van der Waals surface area contributed by atoms with E-state index < -0.39 is 11.6 Å². The lowest BCUT2D eigenvalue weighted by atomic mass is 10.0. The van der Waals surface area contributed by atoms with Crippen molar-refractivity contribution >= 4 is 0 Å². The highest BCUT2D eigenvalue weighted by molar-refractivity contribution is 5.18. The van der Waals surface area contributed by atoms with Crippen molar-refractivity contribution in [2.45, 2.75) is 32.4 Å². The van der Waals surface area contributed by atoms with Crippen molar-refractivity contribution in [3.63, 3.8) is 0 Å². The smallest absolute Gasteiger partial charge is 0.130 e. The van der Waals surface area contributed by atoms with Crippen LogP contribution in [-0.2, 0) is 6.54 Å². The third-order valence-corrected chi connectivity index (χ3v) is 3.49. The van der Waals surface area contributed by atoms with Crippen LogP contribution in [0.3, 0.4) is 0 Å². The maximum absolute atomic E-state index is 13.5. The van der Waals surface area contributed by atoms with E-state index in [1.54, 1.807) is 6.07 Å². The van der Waals surface area contributed by atoms with Crippen LogP contribution in [0.15, 0.2) is 18.2 Å². The molecule has 0 atom stereocenters. The van der Waals surface area contributed by atoms with Gasteiger partial charge < -0.3 is 5.32 Å². The van der Waals surface area contributed by atoms with E-state index >= 15 is 0 Å². The Morgan fingerprint density at radius 2 is 2.00 bits per heavy atom. The number of piperidine rings is 1. The number of rotatable bonds is 4. The summed E-state index contributed by atoms with van der Waals surface area (Å²) in [4.78, 5) is 2.23. The molecule has 18 heavy (non-hydrogen) atoms. The first-order valence-electron chi connectivity index (χ1n) is 6.58. The van der Waals surface area contributed by atoms with E-state index in [2.05, 4.69) is 17.1 Å². The SMILES string of the molecule is CCNC1CCN(Cc2ccc(F)cc2F)CC1. The molecule has 0 radical (unpaired) electrons. The lowest BCUT2D eigenvalue weighted by Gasteiger charge is -2.32. The number of hydrogen-bond donors (Lipinski definition) is 1. The molecule has 0 aromatic heterocycles. The zero-order chi connectivity index (χ0) is 13.0. The van der Waals surface area contributed by atoms with Gasteiger partial charge in [-0.05, 0) is 38.5 Å². The molecule has 1 aliphatic heterocycles. The van der Waals surface area contributed by atoms with Gasteiger partial charge in [0, 0.05) is 24.2 Å². The van der Waals surface area contributed by atoms with E-state index in [4.69, 9.17) is 0 Å². The molecular formula is C14H20F2N2. The van der Waals surface area contributed by atoms with Crippen LogP contribution in [-0.4, -0.2) is 30.6 Å². The molecule has 1 aliphatic rings. The number of halogens is 2. The topological polar surface area (TPSA) is 15.3 Å². The third-order valence-electron chi connectivity index (χ3n) is 3.49. The molecule has 1 fully saturated rings. The molecule has 0 unspecified atom stereocenters. The molecule has 0 saturated carbocycles. The fourth-order valence-corrected chi connectivity index (χ4v) is 2.47. The van der Waals surface area contributed by atoms with Crippen LogP contribution < -0.4 is 5.32 Å². The summed E-state index contributed by atoms with van der Waals surface area (Å²) in [6.07, 6.45) is 2.19. The Hall–Kier alpha value is -1.00. The summed E-state index contributed by atoms with van der Waals surface area (Å²) in [5.74, 6) is -0.953. The summed E-state index contributed by atoms with van der Waals surface area (Å²) in [7, 11) is 0. The fraction of sp³-hybridized carbons (Fsp3) is 0.571. The standard InChI is InChI=1S/C14H20F2N2/c1-2-17-13-5-7-18(8-6-13)10-11-3-4-12(15)9-14(11)16/h3-4,9,13,17H,2,5-8,10H2,1H3. The van der Waals surface area contributed by atoms with Crippen molar-refractivity contribution in [1.29, 1.82) is 0 Å². The Morgan fingerprint density at radius 3 is 2.61 bits per heavy atom. The lowest BCUT2D eigenvalue weighted by molar-refractivity contribution is 0.190. The molecule has 0 amide bonds. The van der Waals surface area contributed by atoms with Crippen molar-refractivity contribution in [2.75, 3.05) is 19.6 Å². The number of benzene rings is 1. The second-order valence-corrected chi connectivity index (χ2v) is 4.84. The molecule has 1 aromatic rings. The van der Waals surface area contributed by atoms with Gasteiger partial charge in [0.25, 0.3) is 0 Å². The number of nitrogens with one attached hydrogen (secondary N) is 1. The van der Waals surface area contributed by atoms with Gasteiger partial charge in [0.2, 0.25) is 0 Å². The zero-order valence-corrected chi connectivity index (χ0v) is 10.8. The van der Waals surface area contributed by atoms with Gasteiger partial charge in [-0.3, -0.25) is 4.90 Å². The van der Waals surface area contributed by atoms with E-state index in [-0.39, 0.29) is 0 Å². The normalized spacial score (nSPS) is 18.2. The Balaban J connectivity index is 1.87.